The van der Waals surface area contributed by atoms with Crippen LogP contribution < -0.4 is 5.56 Å². The molecule has 7 nitrogen and oxygen atoms in total. The zero-order valence-corrected chi connectivity index (χ0v) is 20.3. The summed E-state index contributed by atoms with van der Waals surface area (Å²) in [5.41, 5.74) is 2.95. The van der Waals surface area contributed by atoms with E-state index in [2.05, 4.69) is 46.3 Å². The van der Waals surface area contributed by atoms with E-state index in [1.165, 1.54) is 34.2 Å². The van der Waals surface area contributed by atoms with Crippen LogP contribution in [-0.4, -0.2) is 69.6 Å². The van der Waals surface area contributed by atoms with Gasteiger partial charge >= 0.3 is 0 Å². The first kappa shape index (κ1) is 22.7. The van der Waals surface area contributed by atoms with E-state index in [0.717, 1.165) is 37.1 Å². The molecule has 36 heavy (non-hydrogen) atoms. The van der Waals surface area contributed by atoms with Gasteiger partial charge in [-0.3, -0.25) is 14.4 Å². The summed E-state index contributed by atoms with van der Waals surface area (Å²) in [6.07, 6.45) is 13.4. The largest absolute Gasteiger partial charge is 0.368 e. The Balaban J connectivity index is 1.19. The molecule has 4 heterocycles. The minimum atomic E-state index is -0.304. The monoisotopic (exact) mass is 484 g/mol. The zero-order valence-electron chi connectivity index (χ0n) is 20.3. The first-order valence-electron chi connectivity index (χ1n) is 12.5. The van der Waals surface area contributed by atoms with Crippen LogP contribution in [0.25, 0.3) is 16.7 Å². The van der Waals surface area contributed by atoms with Gasteiger partial charge in [0.15, 0.2) is 5.82 Å². The van der Waals surface area contributed by atoms with Crippen LogP contribution in [0.15, 0.2) is 88.0 Å². The maximum absolute atomic E-state index is 13.8. The molecule has 0 spiro atoms. The molecular weight excluding hydrogens is 455 g/mol. The van der Waals surface area contributed by atoms with Crippen molar-refractivity contribution in [2.24, 2.45) is 10.9 Å². The number of halogens is 1. The van der Waals surface area contributed by atoms with Crippen LogP contribution in [0.1, 0.15) is 6.42 Å². The van der Waals surface area contributed by atoms with Crippen LogP contribution in [0.2, 0.25) is 0 Å². The van der Waals surface area contributed by atoms with Gasteiger partial charge in [-0.2, -0.15) is 5.10 Å². The van der Waals surface area contributed by atoms with Crippen molar-refractivity contribution in [2.45, 2.75) is 19.0 Å². The number of piperazine rings is 1. The van der Waals surface area contributed by atoms with Crippen molar-refractivity contribution in [1.82, 2.24) is 24.1 Å². The van der Waals surface area contributed by atoms with Crippen molar-refractivity contribution in [3.05, 3.63) is 94.3 Å². The second kappa shape index (κ2) is 9.35. The third-order valence-electron chi connectivity index (χ3n) is 7.29. The summed E-state index contributed by atoms with van der Waals surface area (Å²) >= 11 is 0. The highest BCUT2D eigenvalue weighted by atomic mass is 19.1. The Morgan fingerprint density at radius 1 is 1.06 bits per heavy atom. The molecule has 1 aliphatic carbocycles. The summed E-state index contributed by atoms with van der Waals surface area (Å²) in [6.45, 7) is 4.63. The lowest BCUT2D eigenvalue weighted by atomic mass is 9.88. The molecule has 2 atom stereocenters. The average Bonchev–Trinajstić information content (AvgIpc) is 3.31. The molecule has 0 bridgehead atoms. The number of aliphatic imine (C=N–C) groups is 1. The second-order valence-electron chi connectivity index (χ2n) is 9.72. The number of likely N-dealkylation sites (N-methyl/N-ethyl adjacent to an activating group) is 1. The van der Waals surface area contributed by atoms with Crippen LogP contribution >= 0.6 is 0 Å². The van der Waals surface area contributed by atoms with Gasteiger partial charge in [0, 0.05) is 62.5 Å². The topological polar surface area (TPSA) is 58.7 Å². The molecule has 3 aromatic rings. The lowest BCUT2D eigenvalue weighted by Gasteiger charge is -2.36. The molecule has 1 aromatic carbocycles. The third-order valence-corrected chi connectivity index (χ3v) is 7.29. The summed E-state index contributed by atoms with van der Waals surface area (Å²) in [5, 5.41) is 5.51. The molecule has 1 saturated heterocycles. The molecule has 184 valence electrons. The highest BCUT2D eigenvalue weighted by Gasteiger charge is 2.25. The lowest BCUT2D eigenvalue weighted by molar-refractivity contribution is 0.191. The highest BCUT2D eigenvalue weighted by Crippen LogP contribution is 2.28. The molecule has 0 saturated carbocycles. The Kier molecular flexibility index (Phi) is 5.89. The second-order valence-corrected chi connectivity index (χ2v) is 9.72. The van der Waals surface area contributed by atoms with Crippen molar-refractivity contribution in [3.8, 4) is 5.82 Å². The van der Waals surface area contributed by atoms with Crippen molar-refractivity contribution >= 4 is 17.1 Å². The van der Waals surface area contributed by atoms with E-state index in [0.29, 0.717) is 18.8 Å². The molecule has 1 fully saturated rings. The number of nitrogens with zero attached hydrogens (tertiary/aromatic N) is 6. The molecular formula is C28H29FN6O. The van der Waals surface area contributed by atoms with Gasteiger partial charge < -0.3 is 9.80 Å². The van der Waals surface area contributed by atoms with Crippen LogP contribution in [0.3, 0.4) is 0 Å². The number of fused-ring (bicyclic) bond motifs is 2. The van der Waals surface area contributed by atoms with Gasteiger partial charge in [0.1, 0.15) is 5.82 Å². The van der Waals surface area contributed by atoms with Crippen LogP contribution in [0.5, 0.6) is 0 Å². The minimum Gasteiger partial charge on any atom is -0.368 e. The summed E-state index contributed by atoms with van der Waals surface area (Å²) in [6, 6.07) is 9.92. The number of aromatic nitrogens is 3. The van der Waals surface area contributed by atoms with Crippen LogP contribution in [-0.2, 0) is 6.54 Å². The third kappa shape index (κ3) is 4.44. The van der Waals surface area contributed by atoms with Gasteiger partial charge in [-0.1, -0.05) is 24.3 Å². The van der Waals surface area contributed by atoms with E-state index in [9.17, 15) is 9.18 Å². The Bertz CT molecular complexity index is 1470. The number of allylic oxidation sites excluding steroid dienone is 3. The van der Waals surface area contributed by atoms with E-state index in [1.54, 1.807) is 12.1 Å². The SMILES string of the molecule is CN1CCN(C2=CC3C=C(CCn4nc(-n5ccc6ccc(F)cc65)ccc4=O)C=CC3N=C2)CC1. The highest BCUT2D eigenvalue weighted by molar-refractivity contribution is 5.81. The molecule has 2 unspecified atom stereocenters. The normalized spacial score (nSPS) is 22.0. The number of hydrogen-bond acceptors (Lipinski definition) is 5. The van der Waals surface area contributed by atoms with E-state index in [4.69, 9.17) is 4.99 Å². The van der Waals surface area contributed by atoms with Crippen LogP contribution in [0.4, 0.5) is 4.39 Å². The van der Waals surface area contributed by atoms with Gasteiger partial charge in [-0.15, -0.1) is 0 Å². The Hall–Kier alpha value is -3.78. The molecule has 0 radical (unpaired) electrons. The summed E-state index contributed by atoms with van der Waals surface area (Å²) < 4.78 is 17.1. The predicted octanol–water partition coefficient (Wildman–Crippen LogP) is 3.41. The standard InChI is InChI=1S/C28H29FN6O/c1-32-12-14-33(15-13-32)24-17-22-16-20(2-5-25(22)30-19-24)8-11-35-28(36)7-6-27(31-35)34-10-9-21-3-4-23(29)18-26(21)34/h2-7,9-10,16-19,22,25H,8,11-15H2,1H3. The van der Waals surface area contributed by atoms with E-state index < -0.39 is 0 Å². The number of benzene rings is 1. The molecule has 6 rings (SSSR count). The fourth-order valence-electron chi connectivity index (χ4n) is 5.13. The van der Waals surface area contributed by atoms with Gasteiger partial charge in [-0.25, -0.2) is 9.07 Å². The first-order chi connectivity index (χ1) is 17.5. The maximum Gasteiger partial charge on any atom is 0.266 e. The number of rotatable bonds is 5. The van der Waals surface area contributed by atoms with Crippen molar-refractivity contribution < 1.29 is 4.39 Å². The van der Waals surface area contributed by atoms with Gasteiger partial charge in [-0.05, 0) is 49.4 Å². The summed E-state index contributed by atoms with van der Waals surface area (Å²) in [5.74, 6) is 0.508. The lowest BCUT2D eigenvalue weighted by Crippen LogP contribution is -2.44. The van der Waals surface area contributed by atoms with Gasteiger partial charge in [0.05, 0.1) is 17.3 Å². The first-order valence-corrected chi connectivity index (χ1v) is 12.5. The molecule has 0 amide bonds. The fourth-order valence-corrected chi connectivity index (χ4v) is 5.13. The van der Waals surface area contributed by atoms with Crippen molar-refractivity contribution in [2.75, 3.05) is 33.2 Å². The van der Waals surface area contributed by atoms with Crippen molar-refractivity contribution in [3.63, 3.8) is 0 Å². The predicted molar refractivity (Wildman–Crippen MR) is 140 cm³/mol. The van der Waals surface area contributed by atoms with E-state index in [1.807, 2.05) is 23.0 Å². The quantitative estimate of drug-likeness (QED) is 0.557. The fraction of sp³-hybridized carbons (Fsp3) is 0.321. The van der Waals surface area contributed by atoms with Gasteiger partial charge in [0.25, 0.3) is 5.56 Å². The average molecular weight is 485 g/mol. The minimum absolute atomic E-state index is 0.136. The zero-order chi connectivity index (χ0) is 24.6. The van der Waals surface area contributed by atoms with Crippen molar-refractivity contribution in [1.29, 1.82) is 0 Å². The summed E-state index contributed by atoms with van der Waals surface area (Å²) in [7, 11) is 2.16. The maximum atomic E-state index is 13.8. The number of aryl methyl sites for hydroxylation is 1. The smallest absolute Gasteiger partial charge is 0.266 e. The molecule has 8 heteroatoms. The number of hydrogen-bond donors (Lipinski definition) is 0. The molecule has 2 aliphatic heterocycles. The van der Waals surface area contributed by atoms with E-state index in [-0.39, 0.29) is 23.3 Å². The van der Waals surface area contributed by atoms with E-state index >= 15 is 0 Å². The molecule has 3 aliphatic rings. The Labute approximate surface area is 209 Å². The van der Waals surface area contributed by atoms with Gasteiger partial charge in [0.2, 0.25) is 0 Å². The molecule has 2 aromatic heterocycles. The Morgan fingerprint density at radius 2 is 1.92 bits per heavy atom. The van der Waals surface area contributed by atoms with Crippen LogP contribution in [0, 0.1) is 11.7 Å². The molecule has 0 N–H and O–H groups in total. The summed E-state index contributed by atoms with van der Waals surface area (Å²) in [4.78, 5) is 22.1. The number of dihydropyridines is 1. The Morgan fingerprint density at radius 3 is 2.78 bits per heavy atom.